The molecule has 27 heavy (non-hydrogen) atoms. The Labute approximate surface area is 164 Å². The van der Waals surface area contributed by atoms with E-state index in [2.05, 4.69) is 10.6 Å². The van der Waals surface area contributed by atoms with Crippen LogP contribution in [0.2, 0.25) is 0 Å². The summed E-state index contributed by atoms with van der Waals surface area (Å²) in [6.07, 6.45) is 0. The van der Waals surface area contributed by atoms with Crippen molar-refractivity contribution in [1.29, 1.82) is 0 Å². The van der Waals surface area contributed by atoms with Crippen LogP contribution in [0.5, 0.6) is 11.5 Å². The highest BCUT2D eigenvalue weighted by molar-refractivity contribution is 7.89. The molecule has 1 unspecified atom stereocenters. The fourth-order valence-corrected chi connectivity index (χ4v) is 3.09. The largest absolute Gasteiger partial charge is 0.457 e. The van der Waals surface area contributed by atoms with Gasteiger partial charge in [-0.25, -0.2) is 13.6 Å². The Bertz CT molecular complexity index is 882. The standard InChI is InChI=1S/C18H21N3O4S.ClH/c1-12(13-10-20-11-13)18(22)21-14-2-4-15(5-3-14)25-16-6-8-17(9-7-16)26(19,23)24;/h2-9,12-13,20H,10-11H2,1H3,(H,21,22)(H2,19,23,24);1H. The van der Waals surface area contributed by atoms with E-state index in [0.717, 1.165) is 13.1 Å². The molecule has 0 bridgehead atoms. The van der Waals surface area contributed by atoms with Crippen LogP contribution in [0.4, 0.5) is 5.69 Å². The molecule has 4 N–H and O–H groups in total. The van der Waals surface area contributed by atoms with Crippen LogP contribution in [-0.2, 0) is 14.8 Å². The third-order valence-corrected chi connectivity index (χ3v) is 5.37. The van der Waals surface area contributed by atoms with E-state index in [1.165, 1.54) is 24.3 Å². The third kappa shape index (κ3) is 5.43. The molecule has 2 aromatic carbocycles. The molecule has 9 heteroatoms. The van der Waals surface area contributed by atoms with Crippen LogP contribution in [0, 0.1) is 11.8 Å². The van der Waals surface area contributed by atoms with E-state index in [1.54, 1.807) is 24.3 Å². The second-order valence-corrected chi connectivity index (χ2v) is 7.90. The highest BCUT2D eigenvalue weighted by Gasteiger charge is 2.28. The van der Waals surface area contributed by atoms with Crippen molar-refractivity contribution < 1.29 is 17.9 Å². The van der Waals surface area contributed by atoms with Gasteiger partial charge in [-0.05, 0) is 67.5 Å². The molecule has 3 rings (SSSR count). The number of hydrogen-bond donors (Lipinski definition) is 3. The van der Waals surface area contributed by atoms with Crippen molar-refractivity contribution in [3.63, 3.8) is 0 Å². The predicted molar refractivity (Wildman–Crippen MR) is 106 cm³/mol. The average Bonchev–Trinajstić information content (AvgIpc) is 2.54. The summed E-state index contributed by atoms with van der Waals surface area (Å²) in [6, 6.07) is 12.8. The van der Waals surface area contributed by atoms with Crippen molar-refractivity contribution in [1.82, 2.24) is 5.32 Å². The summed E-state index contributed by atoms with van der Waals surface area (Å²) in [7, 11) is -3.72. The van der Waals surface area contributed by atoms with Gasteiger partial charge in [-0.3, -0.25) is 4.79 Å². The molecule has 1 atom stereocenters. The van der Waals surface area contributed by atoms with E-state index < -0.39 is 10.0 Å². The number of rotatable bonds is 6. The molecule has 1 amide bonds. The Balaban J connectivity index is 0.00000261. The molecular formula is C18H22ClN3O4S. The van der Waals surface area contributed by atoms with E-state index in [4.69, 9.17) is 9.88 Å². The van der Waals surface area contributed by atoms with Crippen LogP contribution in [0.3, 0.4) is 0 Å². The van der Waals surface area contributed by atoms with Crippen LogP contribution in [0.1, 0.15) is 6.92 Å². The van der Waals surface area contributed by atoms with Gasteiger partial charge in [0.1, 0.15) is 11.5 Å². The van der Waals surface area contributed by atoms with E-state index in [0.29, 0.717) is 23.1 Å². The number of primary sulfonamides is 1. The second-order valence-electron chi connectivity index (χ2n) is 6.34. The number of carbonyl (C=O) groups excluding carboxylic acids is 1. The Morgan fingerprint density at radius 1 is 1.11 bits per heavy atom. The van der Waals surface area contributed by atoms with Gasteiger partial charge in [0.2, 0.25) is 15.9 Å². The fourth-order valence-electron chi connectivity index (χ4n) is 2.57. The van der Waals surface area contributed by atoms with Crippen LogP contribution >= 0.6 is 12.4 Å². The monoisotopic (exact) mass is 411 g/mol. The van der Waals surface area contributed by atoms with Crippen molar-refractivity contribution in [3.8, 4) is 11.5 Å². The third-order valence-electron chi connectivity index (χ3n) is 4.44. The maximum atomic E-state index is 12.2. The topological polar surface area (TPSA) is 111 Å². The summed E-state index contributed by atoms with van der Waals surface area (Å²) in [6.45, 7) is 3.70. The number of anilines is 1. The van der Waals surface area contributed by atoms with Crippen LogP contribution < -0.4 is 20.5 Å². The Morgan fingerprint density at radius 3 is 2.07 bits per heavy atom. The molecule has 1 aliphatic heterocycles. The van der Waals surface area contributed by atoms with Crippen molar-refractivity contribution >= 4 is 34.0 Å². The first-order chi connectivity index (χ1) is 12.3. The number of benzene rings is 2. The quantitative estimate of drug-likeness (QED) is 0.675. The number of nitrogens with two attached hydrogens (primary N) is 1. The highest BCUT2D eigenvalue weighted by atomic mass is 35.5. The van der Waals surface area contributed by atoms with Crippen LogP contribution in [-0.4, -0.2) is 27.4 Å². The Morgan fingerprint density at radius 2 is 1.63 bits per heavy atom. The molecule has 0 saturated carbocycles. The SMILES string of the molecule is CC(C(=O)Nc1ccc(Oc2ccc(S(N)(=O)=O)cc2)cc1)C1CNC1.Cl. The zero-order valence-electron chi connectivity index (χ0n) is 14.7. The number of halogens is 1. The lowest BCUT2D eigenvalue weighted by atomic mass is 9.88. The zero-order chi connectivity index (χ0) is 18.7. The van der Waals surface area contributed by atoms with E-state index in [-0.39, 0.29) is 29.1 Å². The van der Waals surface area contributed by atoms with Crippen molar-refractivity contribution in [2.24, 2.45) is 17.0 Å². The van der Waals surface area contributed by atoms with Gasteiger partial charge in [0.25, 0.3) is 0 Å². The lowest BCUT2D eigenvalue weighted by Crippen LogP contribution is -2.48. The number of sulfonamides is 1. The summed E-state index contributed by atoms with van der Waals surface area (Å²) in [5, 5.41) is 11.1. The van der Waals surface area contributed by atoms with Gasteiger partial charge in [-0.1, -0.05) is 6.92 Å². The highest BCUT2D eigenvalue weighted by Crippen LogP contribution is 2.25. The summed E-state index contributed by atoms with van der Waals surface area (Å²) in [5.41, 5.74) is 0.700. The van der Waals surface area contributed by atoms with Gasteiger partial charge in [-0.2, -0.15) is 0 Å². The molecule has 0 aliphatic carbocycles. The van der Waals surface area contributed by atoms with Gasteiger partial charge in [0.15, 0.2) is 0 Å². The summed E-state index contributed by atoms with van der Waals surface area (Å²) in [5.74, 6) is 1.41. The molecule has 0 spiro atoms. The van der Waals surface area contributed by atoms with Gasteiger partial charge in [0, 0.05) is 11.6 Å². The minimum absolute atomic E-state index is 0. The molecule has 0 aromatic heterocycles. The molecule has 1 fully saturated rings. The lowest BCUT2D eigenvalue weighted by Gasteiger charge is -2.31. The smallest absolute Gasteiger partial charge is 0.238 e. The van der Waals surface area contributed by atoms with E-state index in [1.807, 2.05) is 6.92 Å². The fraction of sp³-hybridized carbons (Fsp3) is 0.278. The van der Waals surface area contributed by atoms with Crippen molar-refractivity contribution in [2.45, 2.75) is 11.8 Å². The number of amides is 1. The molecule has 0 radical (unpaired) electrons. The molecule has 1 aliphatic rings. The molecule has 1 saturated heterocycles. The molecule has 2 aromatic rings. The summed E-state index contributed by atoms with van der Waals surface area (Å²) >= 11 is 0. The summed E-state index contributed by atoms with van der Waals surface area (Å²) < 4.78 is 28.1. The Hall–Kier alpha value is -2.13. The normalized spacial score (nSPS) is 15.2. The Kier molecular flexibility index (Phi) is 6.83. The minimum atomic E-state index is -3.72. The zero-order valence-corrected chi connectivity index (χ0v) is 16.3. The van der Waals surface area contributed by atoms with Crippen LogP contribution in [0.15, 0.2) is 53.4 Å². The number of hydrogen-bond acceptors (Lipinski definition) is 5. The summed E-state index contributed by atoms with van der Waals surface area (Å²) in [4.78, 5) is 12.2. The first kappa shape index (κ1) is 21.2. The van der Waals surface area contributed by atoms with Gasteiger partial charge >= 0.3 is 0 Å². The first-order valence-electron chi connectivity index (χ1n) is 8.25. The first-order valence-corrected chi connectivity index (χ1v) is 9.80. The van der Waals surface area contributed by atoms with Gasteiger partial charge in [0.05, 0.1) is 4.90 Å². The molecule has 1 heterocycles. The van der Waals surface area contributed by atoms with E-state index >= 15 is 0 Å². The number of ether oxygens (including phenoxy) is 1. The molecular weight excluding hydrogens is 390 g/mol. The van der Waals surface area contributed by atoms with Gasteiger partial charge in [-0.15, -0.1) is 12.4 Å². The minimum Gasteiger partial charge on any atom is -0.457 e. The number of nitrogens with one attached hydrogen (secondary N) is 2. The maximum absolute atomic E-state index is 12.2. The molecule has 146 valence electrons. The van der Waals surface area contributed by atoms with Crippen molar-refractivity contribution in [3.05, 3.63) is 48.5 Å². The lowest BCUT2D eigenvalue weighted by molar-refractivity contribution is -0.121. The number of carbonyl (C=O) groups is 1. The maximum Gasteiger partial charge on any atom is 0.238 e. The second kappa shape index (κ2) is 8.71. The van der Waals surface area contributed by atoms with Crippen molar-refractivity contribution in [2.75, 3.05) is 18.4 Å². The predicted octanol–water partition coefficient (Wildman–Crippen LogP) is 2.34. The average molecular weight is 412 g/mol. The van der Waals surface area contributed by atoms with Crippen LogP contribution in [0.25, 0.3) is 0 Å². The van der Waals surface area contributed by atoms with E-state index in [9.17, 15) is 13.2 Å². The molecule has 7 nitrogen and oxygen atoms in total. The van der Waals surface area contributed by atoms with Gasteiger partial charge < -0.3 is 15.4 Å².